The zero-order chi connectivity index (χ0) is 18.9. The molecular weight excluding hydrogens is 348 g/mol. The average Bonchev–Trinajstić information content (AvgIpc) is 3.21. The largest absolute Gasteiger partial charge is 0.0640 e. The van der Waals surface area contributed by atoms with Crippen LogP contribution in [0.1, 0.15) is 17.0 Å². The van der Waals surface area contributed by atoms with Gasteiger partial charge in [0.25, 0.3) is 0 Å². The zero-order valence-electron chi connectivity index (χ0n) is 15.9. The standard InChI is InChI=1S/C29H18/c1-3-13-22-18(9-1)20-11-5-7-15-24(20)28-26(22)17-27-23-14-4-2-10-19(23)21-12-6-8-16-25(21)29(27)28/h1-17,26H. The maximum atomic E-state index is 2.51. The minimum absolute atomic E-state index is 0.310. The fourth-order valence-electron chi connectivity index (χ4n) is 5.55. The second kappa shape index (κ2) is 5.46. The lowest BCUT2D eigenvalue weighted by Crippen LogP contribution is -2.26. The molecule has 2 aliphatic carbocycles. The fraction of sp³-hybridized carbons (Fsp3) is 0.0345. The molecule has 0 spiro atoms. The highest BCUT2D eigenvalue weighted by Crippen LogP contribution is 2.47. The van der Waals surface area contributed by atoms with E-state index in [0.29, 0.717) is 5.92 Å². The Kier molecular flexibility index (Phi) is 2.88. The van der Waals surface area contributed by atoms with Gasteiger partial charge in [0, 0.05) is 5.92 Å². The van der Waals surface area contributed by atoms with Crippen LogP contribution in [0.4, 0.5) is 0 Å². The van der Waals surface area contributed by atoms with Crippen LogP contribution in [0.25, 0.3) is 44.3 Å². The zero-order valence-corrected chi connectivity index (χ0v) is 15.9. The van der Waals surface area contributed by atoms with Crippen LogP contribution in [-0.4, -0.2) is 0 Å². The number of rotatable bonds is 0. The highest BCUT2D eigenvalue weighted by atomic mass is 14.3. The second-order valence-corrected chi connectivity index (χ2v) is 8.07. The van der Waals surface area contributed by atoms with E-state index >= 15 is 0 Å². The van der Waals surface area contributed by atoms with E-state index in [1.54, 1.807) is 0 Å². The van der Waals surface area contributed by atoms with Crippen molar-refractivity contribution < 1.29 is 0 Å². The van der Waals surface area contributed by atoms with E-state index in [1.807, 2.05) is 0 Å². The van der Waals surface area contributed by atoms with Gasteiger partial charge >= 0.3 is 0 Å². The molecule has 1 atom stereocenters. The summed E-state index contributed by atoms with van der Waals surface area (Å²) in [6.45, 7) is 0. The molecule has 0 N–H and O–H groups in total. The Balaban J connectivity index is 1.81. The van der Waals surface area contributed by atoms with E-state index in [9.17, 15) is 0 Å². The van der Waals surface area contributed by atoms with Crippen LogP contribution in [0.5, 0.6) is 0 Å². The third-order valence-corrected chi connectivity index (χ3v) is 6.69. The summed E-state index contributed by atoms with van der Waals surface area (Å²) >= 11 is 0. The van der Waals surface area contributed by atoms with Crippen molar-refractivity contribution in [3.8, 4) is 11.1 Å². The lowest BCUT2D eigenvalue weighted by molar-refractivity contribution is 1.15. The van der Waals surface area contributed by atoms with E-state index in [4.69, 9.17) is 0 Å². The van der Waals surface area contributed by atoms with Gasteiger partial charge in [0.2, 0.25) is 0 Å². The number of hydrogen-bond acceptors (Lipinski definition) is 0. The first kappa shape index (κ1) is 15.3. The lowest BCUT2D eigenvalue weighted by atomic mass is 9.76. The van der Waals surface area contributed by atoms with Crippen molar-refractivity contribution in [2.45, 2.75) is 5.92 Å². The Morgan fingerprint density at radius 2 is 1.00 bits per heavy atom. The van der Waals surface area contributed by atoms with Crippen LogP contribution >= 0.6 is 0 Å². The summed E-state index contributed by atoms with van der Waals surface area (Å²) in [5.74, 6) is 0.310. The van der Waals surface area contributed by atoms with E-state index < -0.39 is 0 Å². The summed E-state index contributed by atoms with van der Waals surface area (Å²) in [4.78, 5) is 0. The van der Waals surface area contributed by atoms with Crippen molar-refractivity contribution in [1.29, 1.82) is 0 Å². The smallest absolute Gasteiger partial charge is 0.0297 e. The normalized spacial score (nSPS) is 16.1. The molecule has 0 nitrogen and oxygen atoms in total. The number of benzene rings is 5. The summed E-state index contributed by atoms with van der Waals surface area (Å²) in [6, 6.07) is 35.6. The van der Waals surface area contributed by atoms with Crippen molar-refractivity contribution in [2.75, 3.05) is 0 Å². The summed E-state index contributed by atoms with van der Waals surface area (Å²) in [5.41, 5.74) is 7.00. The Morgan fingerprint density at radius 1 is 0.448 bits per heavy atom. The highest BCUT2D eigenvalue weighted by molar-refractivity contribution is 6.11. The maximum absolute atomic E-state index is 2.51. The Labute approximate surface area is 169 Å². The van der Waals surface area contributed by atoms with Crippen molar-refractivity contribution in [1.82, 2.24) is 0 Å². The van der Waals surface area contributed by atoms with Gasteiger partial charge in [0.15, 0.2) is 0 Å². The van der Waals surface area contributed by atoms with Gasteiger partial charge in [0.1, 0.15) is 0 Å². The number of hydrogen-bond donors (Lipinski definition) is 0. The summed E-state index contributed by atoms with van der Waals surface area (Å²) < 4.78 is 0. The van der Waals surface area contributed by atoms with Gasteiger partial charge < -0.3 is 0 Å². The van der Waals surface area contributed by atoms with Gasteiger partial charge in [-0.3, -0.25) is 0 Å². The van der Waals surface area contributed by atoms with Gasteiger partial charge in [-0.05, 0) is 59.8 Å². The molecule has 7 rings (SSSR count). The molecule has 0 saturated heterocycles. The van der Waals surface area contributed by atoms with E-state index in [-0.39, 0.29) is 0 Å². The molecule has 0 bridgehead atoms. The predicted molar refractivity (Wildman–Crippen MR) is 122 cm³/mol. The molecule has 29 heavy (non-hydrogen) atoms. The van der Waals surface area contributed by atoms with Crippen molar-refractivity contribution >= 4 is 33.2 Å². The molecule has 0 heterocycles. The first-order chi connectivity index (χ1) is 14.4. The molecule has 0 aliphatic heterocycles. The van der Waals surface area contributed by atoms with E-state index in [2.05, 4.69) is 103 Å². The molecule has 0 radical (unpaired) electrons. The SMILES string of the molecule is C1=c2c(c3ccccc3c3ccccc23)=C2c3ccccc3-c3ccccc3C12. The van der Waals surface area contributed by atoms with Crippen molar-refractivity contribution in [3.05, 3.63) is 119 Å². The van der Waals surface area contributed by atoms with Crippen molar-refractivity contribution in [2.24, 2.45) is 0 Å². The topological polar surface area (TPSA) is 0 Å². The third-order valence-electron chi connectivity index (χ3n) is 6.69. The summed E-state index contributed by atoms with van der Waals surface area (Å²) in [7, 11) is 0. The molecule has 0 amide bonds. The molecule has 0 aromatic heterocycles. The van der Waals surface area contributed by atoms with Gasteiger partial charge in [-0.15, -0.1) is 0 Å². The summed E-state index contributed by atoms with van der Waals surface area (Å²) in [5, 5.41) is 8.23. The molecule has 134 valence electrons. The first-order valence-corrected chi connectivity index (χ1v) is 10.3. The third kappa shape index (κ3) is 1.89. The van der Waals surface area contributed by atoms with Crippen LogP contribution in [0.2, 0.25) is 0 Å². The number of fused-ring (bicyclic) bond motifs is 12. The second-order valence-electron chi connectivity index (χ2n) is 8.07. The molecule has 0 heteroatoms. The molecule has 5 aromatic carbocycles. The van der Waals surface area contributed by atoms with Crippen LogP contribution in [0.15, 0.2) is 97.1 Å². The molecule has 1 unspecified atom stereocenters. The monoisotopic (exact) mass is 366 g/mol. The quantitative estimate of drug-likeness (QED) is 0.306. The Hall–Kier alpha value is -3.64. The molecule has 0 fully saturated rings. The molecule has 2 aliphatic rings. The van der Waals surface area contributed by atoms with Gasteiger partial charge in [-0.2, -0.15) is 0 Å². The van der Waals surface area contributed by atoms with Gasteiger partial charge in [-0.25, -0.2) is 0 Å². The van der Waals surface area contributed by atoms with E-state index in [1.165, 1.54) is 59.8 Å². The van der Waals surface area contributed by atoms with Crippen LogP contribution in [0.3, 0.4) is 0 Å². The Bertz CT molecular complexity index is 1600. The molecule has 0 saturated carbocycles. The average molecular weight is 366 g/mol. The minimum atomic E-state index is 0.310. The maximum Gasteiger partial charge on any atom is 0.0297 e. The van der Waals surface area contributed by atoms with E-state index in [0.717, 1.165) is 0 Å². The van der Waals surface area contributed by atoms with Gasteiger partial charge in [0.05, 0.1) is 0 Å². The molecule has 5 aromatic rings. The Morgan fingerprint density at radius 3 is 1.79 bits per heavy atom. The fourth-order valence-corrected chi connectivity index (χ4v) is 5.55. The predicted octanol–water partition coefficient (Wildman–Crippen LogP) is 5.75. The van der Waals surface area contributed by atoms with Crippen LogP contribution in [-0.2, 0) is 0 Å². The minimum Gasteiger partial charge on any atom is -0.0640 e. The lowest BCUT2D eigenvalue weighted by Gasteiger charge is -2.27. The van der Waals surface area contributed by atoms with Crippen molar-refractivity contribution in [3.63, 3.8) is 0 Å². The van der Waals surface area contributed by atoms with Crippen LogP contribution < -0.4 is 10.4 Å². The molecular formula is C29H18. The summed E-state index contributed by atoms with van der Waals surface area (Å²) in [6.07, 6.45) is 2.51. The first-order valence-electron chi connectivity index (χ1n) is 10.3. The van der Waals surface area contributed by atoms with Crippen LogP contribution in [0, 0.1) is 0 Å². The highest BCUT2D eigenvalue weighted by Gasteiger charge is 2.31. The van der Waals surface area contributed by atoms with Gasteiger partial charge in [-0.1, -0.05) is 103 Å².